The van der Waals surface area contributed by atoms with Gasteiger partial charge >= 0.3 is 5.69 Å². The average molecular weight is 901 g/mol. The van der Waals surface area contributed by atoms with E-state index in [4.69, 9.17) is 38.7 Å². The van der Waals surface area contributed by atoms with Gasteiger partial charge in [0.15, 0.2) is 13.7 Å². The van der Waals surface area contributed by atoms with E-state index in [1.165, 1.54) is 16.3 Å². The molecule has 3 heterocycles. The third kappa shape index (κ3) is 10.9. The van der Waals surface area contributed by atoms with Crippen molar-refractivity contribution in [2.75, 3.05) is 71.5 Å². The molecule has 0 aliphatic carbocycles. The zero-order chi connectivity index (χ0) is 43.3. The first-order chi connectivity index (χ1) is 30.3. The number of carbonyl (C=O) groups is 1. The number of anilines is 1. The van der Waals surface area contributed by atoms with Crippen molar-refractivity contribution in [2.24, 2.45) is 0 Å². The number of hydrogen-bond donors (Lipinski definition) is 1. The number of nitrogens with zero attached hydrogens (tertiary/aromatic N) is 3. The topological polar surface area (TPSA) is 146 Å². The highest BCUT2D eigenvalue weighted by atomic mass is 32.7. The molecule has 4 aromatic carbocycles. The zero-order valence-corrected chi connectivity index (χ0v) is 37.6. The van der Waals surface area contributed by atoms with Crippen molar-refractivity contribution in [3.63, 3.8) is 0 Å². The van der Waals surface area contributed by atoms with Crippen molar-refractivity contribution in [3.05, 3.63) is 154 Å². The van der Waals surface area contributed by atoms with Crippen LogP contribution in [0.5, 0.6) is 11.5 Å². The van der Waals surface area contributed by atoms with Gasteiger partial charge in [0.2, 0.25) is 5.12 Å². The second kappa shape index (κ2) is 22.4. The van der Waals surface area contributed by atoms with E-state index >= 15 is 0 Å². The minimum atomic E-state index is -1.28. The van der Waals surface area contributed by atoms with Crippen LogP contribution < -0.4 is 20.9 Å². The number of nitrogen functional groups attached to an aromatic ring is 1. The average Bonchev–Trinajstić information content (AvgIpc) is 3.97. The maximum atomic E-state index is 13.5. The van der Waals surface area contributed by atoms with Gasteiger partial charge in [0.1, 0.15) is 41.2 Å². The Kier molecular flexibility index (Phi) is 16.5. The summed E-state index contributed by atoms with van der Waals surface area (Å²) in [5.41, 5.74) is 7.48. The molecule has 13 nitrogen and oxygen atoms in total. The summed E-state index contributed by atoms with van der Waals surface area (Å²) < 4.78 is 48.5. The fourth-order valence-corrected chi connectivity index (χ4v) is 12.9. The molecule has 7 rings (SSSR count). The number of nitrogens with two attached hydrogens (primary N) is 1. The molecule has 62 heavy (non-hydrogen) atoms. The van der Waals surface area contributed by atoms with Crippen LogP contribution in [-0.4, -0.2) is 103 Å². The van der Waals surface area contributed by atoms with Gasteiger partial charge in [-0.2, -0.15) is 4.98 Å². The lowest BCUT2D eigenvalue weighted by Gasteiger charge is -2.38. The maximum absolute atomic E-state index is 13.5. The van der Waals surface area contributed by atoms with E-state index in [1.807, 2.05) is 109 Å². The second-order valence-corrected chi connectivity index (χ2v) is 19.3. The molecule has 0 saturated carbocycles. The van der Waals surface area contributed by atoms with Crippen LogP contribution in [0.3, 0.4) is 0 Å². The molecule has 5 atom stereocenters. The van der Waals surface area contributed by atoms with Crippen LogP contribution in [-0.2, 0) is 29.1 Å². The predicted molar refractivity (Wildman–Crippen MR) is 245 cm³/mol. The molecule has 2 aliphatic rings. The highest BCUT2D eigenvalue weighted by Gasteiger charge is 2.51. The van der Waals surface area contributed by atoms with E-state index in [1.54, 1.807) is 45.0 Å². The first kappa shape index (κ1) is 45.7. The Morgan fingerprint density at radius 2 is 1.42 bits per heavy atom. The molecule has 0 bridgehead atoms. The molecule has 2 aliphatic heterocycles. The molecule has 1 aromatic heterocycles. The van der Waals surface area contributed by atoms with Gasteiger partial charge in [-0.15, -0.1) is 0 Å². The summed E-state index contributed by atoms with van der Waals surface area (Å²) in [4.78, 5) is 30.6. The van der Waals surface area contributed by atoms with Crippen LogP contribution in [0.2, 0.25) is 0 Å². The number of rotatable bonds is 21. The summed E-state index contributed by atoms with van der Waals surface area (Å²) in [5, 5.41) is 0.0339. The van der Waals surface area contributed by atoms with Crippen molar-refractivity contribution >= 4 is 41.6 Å². The minimum absolute atomic E-state index is 0.0185. The zero-order valence-electron chi connectivity index (χ0n) is 35.1. The lowest BCUT2D eigenvalue weighted by Crippen LogP contribution is -2.42. The second-order valence-electron chi connectivity index (χ2n) is 14.6. The van der Waals surface area contributed by atoms with Gasteiger partial charge in [-0.3, -0.25) is 14.0 Å². The molecule has 2 unspecified atom stereocenters. The van der Waals surface area contributed by atoms with Gasteiger partial charge in [-0.1, -0.05) is 108 Å². The normalized spacial score (nSPS) is 19.7. The molecular formula is C46H53N4O9PS2. The minimum Gasteiger partial charge on any atom is -0.497 e. The van der Waals surface area contributed by atoms with Crippen LogP contribution in [0.1, 0.15) is 46.1 Å². The molecule has 2 fully saturated rings. The Morgan fingerprint density at radius 1 is 0.806 bits per heavy atom. The predicted octanol–water partition coefficient (Wildman–Crippen LogP) is 7.80. The standard InChI is InChI=1S/C46H53N4O9PS2/c1-53-28-29-56-42-41(59-60(49-25-10-11-26-49)62-31-30-61-44(51)33-12-6-4-7-13-33)39(58-43(42)50-27-24-40(47)48-45(50)52)32-57-46(34-14-8-5-9-15-34,35-16-20-37(54-2)21-17-35)36-18-22-38(55-3)23-19-36/h4-9,12-24,27,39,41-43H,10-11,25-26,28-32H2,1-3H3,(H2,47,48,52)/t39-,41?,42+,43-,60?/m1/s1. The Hall–Kier alpha value is -4.28. The smallest absolute Gasteiger partial charge is 0.351 e. The summed E-state index contributed by atoms with van der Waals surface area (Å²) in [5.74, 6) is 2.78. The largest absolute Gasteiger partial charge is 0.497 e. The van der Waals surface area contributed by atoms with Crippen molar-refractivity contribution in [2.45, 2.75) is 43.0 Å². The van der Waals surface area contributed by atoms with E-state index in [2.05, 4.69) is 9.65 Å². The van der Waals surface area contributed by atoms with E-state index in [9.17, 15) is 9.59 Å². The Morgan fingerprint density at radius 3 is 2.02 bits per heavy atom. The van der Waals surface area contributed by atoms with Crippen LogP contribution in [0.25, 0.3) is 0 Å². The molecule has 0 spiro atoms. The summed E-state index contributed by atoms with van der Waals surface area (Å²) in [6.45, 7) is 2.28. The molecule has 0 amide bonds. The third-order valence-corrected chi connectivity index (χ3v) is 15.9. The lowest BCUT2D eigenvalue weighted by molar-refractivity contribution is -0.0989. The number of benzene rings is 4. The Balaban J connectivity index is 1.26. The molecular weight excluding hydrogens is 848 g/mol. The first-order valence-electron chi connectivity index (χ1n) is 20.5. The summed E-state index contributed by atoms with van der Waals surface area (Å²) in [7, 11) is 3.60. The highest BCUT2D eigenvalue weighted by Crippen LogP contribution is 2.58. The van der Waals surface area contributed by atoms with Crippen LogP contribution in [0.4, 0.5) is 5.82 Å². The summed E-state index contributed by atoms with van der Waals surface area (Å²) in [6, 6.07) is 36.6. The Labute approximate surface area is 372 Å². The lowest BCUT2D eigenvalue weighted by atomic mass is 9.80. The SMILES string of the molecule is COCCO[C@H]1C(OP(SCCSC(=O)c2ccccc2)N2CCCC2)[C@@H](COC(c2ccccc2)(c2ccc(OC)cc2)c2ccc(OC)cc2)O[C@H]1n1ccc(N)nc1=O. The highest BCUT2D eigenvalue weighted by molar-refractivity contribution is 8.53. The molecule has 328 valence electrons. The number of ether oxygens (including phenoxy) is 6. The molecule has 16 heteroatoms. The van der Waals surface area contributed by atoms with Crippen molar-refractivity contribution in [1.82, 2.24) is 14.2 Å². The molecule has 0 radical (unpaired) electrons. The number of carbonyl (C=O) groups excluding carboxylic acids is 1. The molecule has 2 N–H and O–H groups in total. The van der Waals surface area contributed by atoms with Crippen LogP contribution in [0, 0.1) is 0 Å². The number of methoxy groups -OCH3 is 3. The van der Waals surface area contributed by atoms with E-state index in [-0.39, 0.29) is 24.1 Å². The molecule has 2 saturated heterocycles. The summed E-state index contributed by atoms with van der Waals surface area (Å²) in [6.07, 6.45) is 0.465. The first-order valence-corrected chi connectivity index (χ1v) is 24.3. The third-order valence-electron chi connectivity index (χ3n) is 10.7. The van der Waals surface area contributed by atoms with Gasteiger partial charge in [-0.25, -0.2) is 4.79 Å². The quantitative estimate of drug-likeness (QED) is 0.0434. The van der Waals surface area contributed by atoms with E-state index in [0.717, 1.165) is 42.6 Å². The number of thioether (sulfide) groups is 1. The van der Waals surface area contributed by atoms with Gasteiger partial charge < -0.3 is 38.7 Å². The van der Waals surface area contributed by atoms with Crippen molar-refractivity contribution in [1.29, 1.82) is 0 Å². The maximum Gasteiger partial charge on any atom is 0.351 e. The fraction of sp³-hybridized carbons (Fsp3) is 0.370. The van der Waals surface area contributed by atoms with E-state index in [0.29, 0.717) is 35.2 Å². The van der Waals surface area contributed by atoms with Crippen LogP contribution >= 0.6 is 30.6 Å². The molecule has 5 aromatic rings. The van der Waals surface area contributed by atoms with Gasteiger partial charge in [0.25, 0.3) is 0 Å². The van der Waals surface area contributed by atoms with Gasteiger partial charge in [-0.05, 0) is 59.9 Å². The Bertz CT molecular complexity index is 2170. The number of hydrogen-bond acceptors (Lipinski definition) is 14. The summed E-state index contributed by atoms with van der Waals surface area (Å²) >= 11 is 3.00. The monoisotopic (exact) mass is 900 g/mol. The van der Waals surface area contributed by atoms with Gasteiger partial charge in [0.05, 0.1) is 34.0 Å². The van der Waals surface area contributed by atoms with Crippen molar-refractivity contribution < 1.29 is 37.7 Å². The fourth-order valence-electron chi connectivity index (χ4n) is 7.59. The van der Waals surface area contributed by atoms with Gasteiger partial charge in [0, 0.05) is 43.5 Å². The number of aromatic nitrogens is 2. The van der Waals surface area contributed by atoms with Crippen LogP contribution in [0.15, 0.2) is 126 Å². The van der Waals surface area contributed by atoms with Crippen molar-refractivity contribution in [3.8, 4) is 11.5 Å². The van der Waals surface area contributed by atoms with E-state index < -0.39 is 43.3 Å².